The first-order chi connectivity index (χ1) is 12.7. The molecule has 0 unspecified atom stereocenters. The van der Waals surface area contributed by atoms with Crippen molar-refractivity contribution in [2.45, 2.75) is 13.8 Å². The maximum atomic E-state index is 12.2. The van der Waals surface area contributed by atoms with Crippen LogP contribution in [-0.4, -0.2) is 29.4 Å². The van der Waals surface area contributed by atoms with E-state index in [1.54, 1.807) is 19.9 Å². The lowest BCUT2D eigenvalue weighted by molar-refractivity contribution is -0.385. The molecule has 10 heteroatoms. The third-order valence-corrected chi connectivity index (χ3v) is 3.87. The van der Waals surface area contributed by atoms with Crippen molar-refractivity contribution >= 4 is 28.7 Å². The zero-order valence-electron chi connectivity index (χ0n) is 14.9. The second-order valence-corrected chi connectivity index (χ2v) is 5.75. The largest absolute Gasteiger partial charge is 0.490 e. The van der Waals surface area contributed by atoms with Gasteiger partial charge in [-0.25, -0.2) is 0 Å². The highest BCUT2D eigenvalue weighted by molar-refractivity contribution is 5.95. The summed E-state index contributed by atoms with van der Waals surface area (Å²) in [5.41, 5.74) is 1.82. The molecule has 0 bridgehead atoms. The molecule has 10 nitrogen and oxygen atoms in total. The van der Waals surface area contributed by atoms with Crippen molar-refractivity contribution in [3.8, 4) is 5.75 Å². The number of methoxy groups -OCH3 is 1. The predicted octanol–water partition coefficient (Wildman–Crippen LogP) is 3.18. The Hall–Kier alpha value is -3.69. The fraction of sp³-hybridized carbons (Fsp3) is 0.235. The summed E-state index contributed by atoms with van der Waals surface area (Å²) in [5, 5.41) is 27.4. The maximum Gasteiger partial charge on any atom is 0.311 e. The first kappa shape index (κ1) is 19.6. The number of amides is 1. The number of benzene rings is 2. The van der Waals surface area contributed by atoms with E-state index in [1.807, 2.05) is 0 Å². The average Bonchev–Trinajstić information content (AvgIpc) is 2.61. The topological polar surface area (TPSA) is 137 Å². The number of aryl methyl sites for hydroxylation is 2. The van der Waals surface area contributed by atoms with Crippen molar-refractivity contribution in [3.05, 3.63) is 61.7 Å². The summed E-state index contributed by atoms with van der Waals surface area (Å²) >= 11 is 0. The van der Waals surface area contributed by atoms with Crippen molar-refractivity contribution in [2.24, 2.45) is 0 Å². The zero-order chi connectivity index (χ0) is 20.1. The number of nitrogens with zero attached hydrogens (tertiary/aromatic N) is 2. The minimum Gasteiger partial charge on any atom is -0.490 e. The van der Waals surface area contributed by atoms with Crippen LogP contribution in [0.5, 0.6) is 5.75 Å². The lowest BCUT2D eigenvalue weighted by Gasteiger charge is -2.12. The van der Waals surface area contributed by atoms with Gasteiger partial charge in [-0.2, -0.15) is 0 Å². The Balaban J connectivity index is 2.12. The molecule has 2 aromatic rings. The molecular weight excluding hydrogens is 356 g/mol. The standard InChI is InChI=1S/C17H18N4O6/c1-10-4-5-12(20(23)24)7-13(10)18-9-17(22)19-14-8-16(27-3)15(21(25)26)6-11(14)2/h4-8,18H,9H2,1-3H3,(H,19,22). The number of rotatable bonds is 7. The van der Waals surface area contributed by atoms with Crippen molar-refractivity contribution in [1.29, 1.82) is 0 Å². The maximum absolute atomic E-state index is 12.2. The van der Waals surface area contributed by atoms with Crippen LogP contribution in [0.15, 0.2) is 30.3 Å². The lowest BCUT2D eigenvalue weighted by Crippen LogP contribution is -2.22. The van der Waals surface area contributed by atoms with Gasteiger partial charge < -0.3 is 15.4 Å². The van der Waals surface area contributed by atoms with E-state index in [1.165, 1.54) is 31.4 Å². The van der Waals surface area contributed by atoms with Gasteiger partial charge in [0.05, 0.1) is 23.5 Å². The first-order valence-electron chi connectivity index (χ1n) is 7.84. The Labute approximate surface area is 154 Å². The highest BCUT2D eigenvalue weighted by Gasteiger charge is 2.18. The lowest BCUT2D eigenvalue weighted by atomic mass is 10.1. The van der Waals surface area contributed by atoms with Crippen molar-refractivity contribution in [3.63, 3.8) is 0 Å². The summed E-state index contributed by atoms with van der Waals surface area (Å²) in [6, 6.07) is 7.01. The van der Waals surface area contributed by atoms with Crippen LogP contribution in [0.2, 0.25) is 0 Å². The zero-order valence-corrected chi connectivity index (χ0v) is 14.9. The minimum absolute atomic E-state index is 0.0309. The molecule has 2 N–H and O–H groups in total. The molecular formula is C17H18N4O6. The smallest absolute Gasteiger partial charge is 0.311 e. The molecule has 2 rings (SSSR count). The van der Waals surface area contributed by atoms with Crippen LogP contribution in [0.1, 0.15) is 11.1 Å². The van der Waals surface area contributed by atoms with Gasteiger partial charge in [0.25, 0.3) is 5.69 Å². The SMILES string of the molecule is COc1cc(NC(=O)CNc2cc([N+](=O)[O-])ccc2C)c(C)cc1[N+](=O)[O-]. The van der Waals surface area contributed by atoms with Crippen molar-refractivity contribution < 1.29 is 19.4 Å². The van der Waals surface area contributed by atoms with Crippen LogP contribution in [0.3, 0.4) is 0 Å². The van der Waals surface area contributed by atoms with E-state index >= 15 is 0 Å². The molecule has 0 heterocycles. The van der Waals surface area contributed by atoms with Crippen LogP contribution < -0.4 is 15.4 Å². The Bertz CT molecular complexity index is 913. The molecule has 0 radical (unpaired) electrons. The quantitative estimate of drug-likeness (QED) is 0.561. The van der Waals surface area contributed by atoms with Crippen LogP contribution in [-0.2, 0) is 4.79 Å². The molecule has 2 aromatic carbocycles. The molecule has 0 aliphatic rings. The minimum atomic E-state index is -0.565. The number of carbonyl (C=O) groups is 1. The van der Waals surface area contributed by atoms with Gasteiger partial charge in [0, 0.05) is 35.6 Å². The molecule has 0 fully saturated rings. The number of nitrogens with one attached hydrogen (secondary N) is 2. The second kappa shape index (κ2) is 8.13. The number of anilines is 2. The van der Waals surface area contributed by atoms with Gasteiger partial charge in [-0.15, -0.1) is 0 Å². The summed E-state index contributed by atoms with van der Waals surface area (Å²) in [7, 11) is 1.30. The van der Waals surface area contributed by atoms with E-state index in [9.17, 15) is 25.0 Å². The molecule has 0 aliphatic heterocycles. The number of nitro benzene ring substituents is 2. The summed E-state index contributed by atoms with van der Waals surface area (Å²) in [4.78, 5) is 33.0. The van der Waals surface area contributed by atoms with E-state index in [2.05, 4.69) is 10.6 Å². The molecule has 0 saturated carbocycles. The van der Waals surface area contributed by atoms with Gasteiger partial charge in [0.15, 0.2) is 5.75 Å². The summed E-state index contributed by atoms with van der Waals surface area (Å²) in [6.07, 6.45) is 0. The van der Waals surface area contributed by atoms with Crippen LogP contribution in [0, 0.1) is 34.1 Å². The number of nitro groups is 2. The fourth-order valence-corrected chi connectivity index (χ4v) is 2.40. The van der Waals surface area contributed by atoms with Crippen LogP contribution in [0.25, 0.3) is 0 Å². The van der Waals surface area contributed by atoms with E-state index in [0.717, 1.165) is 5.56 Å². The normalized spacial score (nSPS) is 10.2. The monoisotopic (exact) mass is 374 g/mol. The molecule has 0 atom stereocenters. The average molecular weight is 374 g/mol. The summed E-state index contributed by atoms with van der Waals surface area (Å²) in [6.45, 7) is 3.25. The number of hydrogen-bond donors (Lipinski definition) is 2. The highest BCUT2D eigenvalue weighted by atomic mass is 16.6. The number of carbonyl (C=O) groups excluding carboxylic acids is 1. The van der Waals surface area contributed by atoms with Crippen molar-refractivity contribution in [2.75, 3.05) is 24.3 Å². The fourth-order valence-electron chi connectivity index (χ4n) is 2.40. The Morgan fingerprint density at radius 1 is 1.04 bits per heavy atom. The van der Waals surface area contributed by atoms with Gasteiger partial charge in [0.1, 0.15) is 0 Å². The second-order valence-electron chi connectivity index (χ2n) is 5.75. The molecule has 142 valence electrons. The molecule has 27 heavy (non-hydrogen) atoms. The summed E-state index contributed by atoms with van der Waals surface area (Å²) in [5.74, 6) is -0.386. The Morgan fingerprint density at radius 3 is 2.33 bits per heavy atom. The number of ether oxygens (including phenoxy) is 1. The van der Waals surface area contributed by atoms with Crippen LogP contribution in [0.4, 0.5) is 22.7 Å². The predicted molar refractivity (Wildman–Crippen MR) is 99.3 cm³/mol. The third-order valence-electron chi connectivity index (χ3n) is 3.87. The molecule has 1 amide bonds. The van der Waals surface area contributed by atoms with Gasteiger partial charge in [-0.05, 0) is 25.0 Å². The molecule has 0 spiro atoms. The Kier molecular flexibility index (Phi) is 5.91. The van der Waals surface area contributed by atoms with Crippen molar-refractivity contribution in [1.82, 2.24) is 0 Å². The van der Waals surface area contributed by atoms with Gasteiger partial charge in [0.2, 0.25) is 5.91 Å². The third kappa shape index (κ3) is 4.69. The number of hydrogen-bond acceptors (Lipinski definition) is 7. The highest BCUT2D eigenvalue weighted by Crippen LogP contribution is 2.32. The van der Waals surface area contributed by atoms with Gasteiger partial charge in [-0.1, -0.05) is 6.07 Å². The number of non-ortho nitro benzene ring substituents is 1. The van der Waals surface area contributed by atoms with Gasteiger partial charge in [-0.3, -0.25) is 25.0 Å². The summed E-state index contributed by atoms with van der Waals surface area (Å²) < 4.78 is 4.99. The van der Waals surface area contributed by atoms with E-state index in [-0.39, 0.29) is 23.7 Å². The molecule has 0 aromatic heterocycles. The van der Waals surface area contributed by atoms with E-state index in [4.69, 9.17) is 4.74 Å². The Morgan fingerprint density at radius 2 is 1.74 bits per heavy atom. The molecule has 0 saturated heterocycles. The van der Waals surface area contributed by atoms with Crippen LogP contribution >= 0.6 is 0 Å². The van der Waals surface area contributed by atoms with E-state index in [0.29, 0.717) is 16.9 Å². The van der Waals surface area contributed by atoms with Gasteiger partial charge >= 0.3 is 5.69 Å². The molecule has 0 aliphatic carbocycles. The first-order valence-corrected chi connectivity index (χ1v) is 7.84. The van der Waals surface area contributed by atoms with E-state index < -0.39 is 15.8 Å².